The van der Waals surface area contributed by atoms with Gasteiger partial charge in [0, 0.05) is 23.3 Å². The van der Waals surface area contributed by atoms with Crippen molar-refractivity contribution in [3.8, 4) is 0 Å². The fourth-order valence-electron chi connectivity index (χ4n) is 4.23. The van der Waals surface area contributed by atoms with Crippen LogP contribution in [0.15, 0.2) is 18.2 Å². The molecule has 12 heteroatoms. The van der Waals surface area contributed by atoms with Crippen molar-refractivity contribution in [1.82, 2.24) is 15.4 Å². The molecule has 2 aromatic rings. The molecule has 2 aliphatic heterocycles. The number of carbonyl (C=O) groups excluding carboxylic acids is 3. The van der Waals surface area contributed by atoms with Crippen LogP contribution in [0, 0.1) is 19.7 Å². The summed E-state index contributed by atoms with van der Waals surface area (Å²) in [5.74, 6) is -1.82. The molecule has 0 spiro atoms. The summed E-state index contributed by atoms with van der Waals surface area (Å²) in [6.45, 7) is 3.42. The third-order valence-electron chi connectivity index (χ3n) is 5.97. The number of carbonyl (C=O) groups is 3. The smallest absolute Gasteiger partial charge is 0.271 e. The maximum atomic E-state index is 13.5. The summed E-state index contributed by atoms with van der Waals surface area (Å²) in [5, 5.41) is 3.60. The van der Waals surface area contributed by atoms with Crippen LogP contribution in [0.4, 0.5) is 10.1 Å². The lowest BCUT2D eigenvalue weighted by Gasteiger charge is -2.17. The fourth-order valence-corrected chi connectivity index (χ4v) is 4.72. The molecule has 182 valence electrons. The van der Waals surface area contributed by atoms with Crippen LogP contribution < -0.4 is 10.2 Å². The highest BCUT2D eigenvalue weighted by Crippen LogP contribution is 2.32. The van der Waals surface area contributed by atoms with E-state index in [0.29, 0.717) is 33.8 Å². The number of rotatable bonds is 7. The van der Waals surface area contributed by atoms with Gasteiger partial charge in [0.2, 0.25) is 5.91 Å². The zero-order valence-corrected chi connectivity index (χ0v) is 19.8. The summed E-state index contributed by atoms with van der Waals surface area (Å²) in [6, 6.07) is 3.27. The Kier molecular flexibility index (Phi) is 6.21. The number of aryl methyl sites for hydroxylation is 1. The van der Waals surface area contributed by atoms with Gasteiger partial charge in [0.1, 0.15) is 28.3 Å². The van der Waals surface area contributed by atoms with E-state index in [2.05, 4.69) is 10.3 Å². The van der Waals surface area contributed by atoms with E-state index in [-0.39, 0.29) is 37.8 Å². The van der Waals surface area contributed by atoms with E-state index in [0.717, 1.165) is 11.3 Å². The topological polar surface area (TPSA) is 129 Å². The van der Waals surface area contributed by atoms with Crippen LogP contribution in [-0.4, -0.2) is 67.4 Å². The van der Waals surface area contributed by atoms with Gasteiger partial charge in [-0.2, -0.15) is 0 Å². The Morgan fingerprint density at radius 1 is 1.29 bits per heavy atom. The minimum atomic E-state index is -3.27. The average Bonchev–Trinajstić information content (AvgIpc) is 3.33. The molecule has 0 unspecified atom stereocenters. The molecule has 4 rings (SSSR count). The Bertz CT molecular complexity index is 1290. The van der Waals surface area contributed by atoms with E-state index in [1.807, 2.05) is 0 Å². The number of anilines is 1. The zero-order valence-electron chi connectivity index (χ0n) is 19.0. The van der Waals surface area contributed by atoms with Crippen molar-refractivity contribution in [1.29, 1.82) is 0 Å². The van der Waals surface area contributed by atoms with Crippen molar-refractivity contribution >= 4 is 33.2 Å². The van der Waals surface area contributed by atoms with E-state index < -0.39 is 33.5 Å². The molecule has 1 aromatic heterocycles. The number of hydroxylamine groups is 2. The van der Waals surface area contributed by atoms with Crippen molar-refractivity contribution < 1.29 is 32.0 Å². The average molecular weight is 493 g/mol. The Labute approximate surface area is 195 Å². The van der Waals surface area contributed by atoms with Gasteiger partial charge >= 0.3 is 0 Å². The number of aromatic amines is 1. The molecular weight excluding hydrogens is 467 g/mol. The van der Waals surface area contributed by atoms with Gasteiger partial charge in [-0.05, 0) is 43.2 Å². The number of H-pyrrole nitrogens is 1. The number of nitrogens with zero attached hydrogens (tertiary/aromatic N) is 2. The largest absolute Gasteiger partial charge is 0.360 e. The summed E-state index contributed by atoms with van der Waals surface area (Å²) in [5.41, 5.74) is 3.44. The molecule has 1 atom stereocenters. The first kappa shape index (κ1) is 23.9. The quantitative estimate of drug-likeness (QED) is 0.588. The van der Waals surface area contributed by atoms with Crippen molar-refractivity contribution in [3.63, 3.8) is 0 Å². The number of nitrogens with one attached hydrogen (secondary N) is 2. The van der Waals surface area contributed by atoms with Gasteiger partial charge in [-0.15, -0.1) is 0 Å². The van der Waals surface area contributed by atoms with Gasteiger partial charge in [-0.25, -0.2) is 17.9 Å². The minimum Gasteiger partial charge on any atom is -0.360 e. The molecule has 34 heavy (non-hydrogen) atoms. The van der Waals surface area contributed by atoms with E-state index in [1.165, 1.54) is 12.1 Å². The SMILES string of the molecule is Cc1[nH]c(CN2C(=O)Cc3cc(F)ccc32)c(C)c1C(=O)N[C@@H]1CON(CCS(C)(=O)=O)C1=O. The summed E-state index contributed by atoms with van der Waals surface area (Å²) in [6.07, 6.45) is 1.17. The summed E-state index contributed by atoms with van der Waals surface area (Å²) >= 11 is 0. The van der Waals surface area contributed by atoms with Crippen molar-refractivity contribution in [3.05, 3.63) is 52.1 Å². The third-order valence-corrected chi connectivity index (χ3v) is 6.90. The highest BCUT2D eigenvalue weighted by Gasteiger charge is 2.36. The van der Waals surface area contributed by atoms with E-state index >= 15 is 0 Å². The molecule has 3 amide bonds. The van der Waals surface area contributed by atoms with Crippen molar-refractivity contribution in [2.75, 3.05) is 30.1 Å². The highest BCUT2D eigenvalue weighted by molar-refractivity contribution is 7.90. The standard InChI is InChI=1S/C22H25FN4O6S/c1-12-16(10-26-18-5-4-15(23)8-14(18)9-19(26)28)24-13(2)20(12)21(29)25-17-11-33-27(22(17)30)6-7-34(3,31)32/h4-5,8,17,24H,6-7,9-11H2,1-3H3,(H,25,29)/t17-/m1/s1. The molecule has 2 aliphatic rings. The molecule has 2 N–H and O–H groups in total. The van der Waals surface area contributed by atoms with Crippen LogP contribution in [0.2, 0.25) is 0 Å². The number of sulfone groups is 1. The van der Waals surface area contributed by atoms with E-state index in [4.69, 9.17) is 4.84 Å². The second kappa shape index (κ2) is 8.84. The molecular formula is C22H25FN4O6S. The van der Waals surface area contributed by atoms with Crippen LogP contribution >= 0.6 is 0 Å². The predicted molar refractivity (Wildman–Crippen MR) is 120 cm³/mol. The Morgan fingerprint density at radius 2 is 2.03 bits per heavy atom. The van der Waals surface area contributed by atoms with Gasteiger partial charge < -0.3 is 15.2 Å². The predicted octanol–water partition coefficient (Wildman–Crippen LogP) is 0.777. The monoisotopic (exact) mass is 492 g/mol. The van der Waals surface area contributed by atoms with Crippen molar-refractivity contribution in [2.45, 2.75) is 32.9 Å². The number of halogens is 1. The summed E-state index contributed by atoms with van der Waals surface area (Å²) < 4.78 is 36.2. The maximum absolute atomic E-state index is 13.5. The maximum Gasteiger partial charge on any atom is 0.271 e. The van der Waals surface area contributed by atoms with Crippen LogP contribution in [0.1, 0.15) is 32.9 Å². The first-order valence-corrected chi connectivity index (χ1v) is 12.7. The molecule has 1 saturated heterocycles. The van der Waals surface area contributed by atoms with E-state index in [9.17, 15) is 27.2 Å². The van der Waals surface area contributed by atoms with Crippen LogP contribution in [0.5, 0.6) is 0 Å². The highest BCUT2D eigenvalue weighted by atomic mass is 32.2. The second-order valence-electron chi connectivity index (χ2n) is 8.55. The Hall–Kier alpha value is -3.25. The van der Waals surface area contributed by atoms with Gasteiger partial charge in [-0.3, -0.25) is 19.2 Å². The van der Waals surface area contributed by atoms with Crippen LogP contribution in [0.3, 0.4) is 0 Å². The minimum absolute atomic E-state index is 0.0979. The zero-order chi connectivity index (χ0) is 24.8. The number of hydrogen-bond acceptors (Lipinski definition) is 6. The molecule has 0 aliphatic carbocycles. The summed E-state index contributed by atoms with van der Waals surface area (Å²) in [4.78, 5) is 47.9. The van der Waals surface area contributed by atoms with Gasteiger partial charge in [0.25, 0.3) is 11.8 Å². The first-order valence-electron chi connectivity index (χ1n) is 10.6. The molecule has 0 bridgehead atoms. The lowest BCUT2D eigenvalue weighted by atomic mass is 10.1. The second-order valence-corrected chi connectivity index (χ2v) is 10.8. The number of benzene rings is 1. The molecule has 10 nitrogen and oxygen atoms in total. The van der Waals surface area contributed by atoms with Gasteiger partial charge in [-0.1, -0.05) is 0 Å². The van der Waals surface area contributed by atoms with Crippen LogP contribution in [0.25, 0.3) is 0 Å². The summed E-state index contributed by atoms with van der Waals surface area (Å²) in [7, 11) is -3.27. The number of fused-ring (bicyclic) bond motifs is 1. The molecule has 0 radical (unpaired) electrons. The molecule has 1 aromatic carbocycles. The van der Waals surface area contributed by atoms with Gasteiger partial charge in [0.15, 0.2) is 0 Å². The molecule has 0 saturated carbocycles. The number of amides is 3. The van der Waals surface area contributed by atoms with Gasteiger partial charge in [0.05, 0.1) is 30.8 Å². The van der Waals surface area contributed by atoms with E-state index in [1.54, 1.807) is 24.8 Å². The first-order chi connectivity index (χ1) is 15.9. The van der Waals surface area contributed by atoms with Crippen LogP contribution in [-0.2, 0) is 37.2 Å². The third kappa shape index (κ3) is 4.68. The van der Waals surface area contributed by atoms with Crippen molar-refractivity contribution in [2.24, 2.45) is 0 Å². The fraction of sp³-hybridized carbons (Fsp3) is 0.409. The number of hydrogen-bond donors (Lipinski definition) is 2. The lowest BCUT2D eigenvalue weighted by molar-refractivity contribution is -0.160. The molecule has 3 heterocycles. The Balaban J connectivity index is 1.46. The normalized spacial score (nSPS) is 18.1. The molecule has 1 fully saturated rings. The Morgan fingerprint density at radius 3 is 2.74 bits per heavy atom. The lowest BCUT2D eigenvalue weighted by Crippen LogP contribution is -2.43. The number of aromatic nitrogens is 1.